The van der Waals surface area contributed by atoms with Gasteiger partial charge in [-0.05, 0) is 48.8 Å². The zero-order chi connectivity index (χ0) is 18.5. The molecule has 25 heavy (non-hydrogen) atoms. The highest BCUT2D eigenvalue weighted by Gasteiger charge is 2.31. The predicted octanol–water partition coefficient (Wildman–Crippen LogP) is 6.77. The van der Waals surface area contributed by atoms with Crippen molar-refractivity contribution in [3.05, 3.63) is 29.8 Å². The maximum absolute atomic E-state index is 6.36. The van der Waals surface area contributed by atoms with Crippen LogP contribution in [0.5, 0.6) is 5.75 Å². The molecule has 142 valence electrons. The predicted molar refractivity (Wildman–Crippen MR) is 106 cm³/mol. The van der Waals surface area contributed by atoms with Gasteiger partial charge in [0.05, 0.1) is 6.10 Å². The molecule has 2 rings (SSSR count). The molecule has 0 spiro atoms. The highest BCUT2D eigenvalue weighted by molar-refractivity contribution is 5.27. The summed E-state index contributed by atoms with van der Waals surface area (Å²) in [4.78, 5) is 0. The van der Waals surface area contributed by atoms with Gasteiger partial charge < -0.3 is 9.47 Å². The Labute approximate surface area is 155 Å². The van der Waals surface area contributed by atoms with E-state index in [1.807, 2.05) is 0 Å². The van der Waals surface area contributed by atoms with Crippen molar-refractivity contribution in [2.24, 2.45) is 10.8 Å². The first-order valence-corrected chi connectivity index (χ1v) is 10.0. The van der Waals surface area contributed by atoms with Crippen LogP contribution in [0.15, 0.2) is 24.3 Å². The highest BCUT2D eigenvalue weighted by atomic mass is 16.7. The van der Waals surface area contributed by atoms with Gasteiger partial charge in [0.15, 0.2) is 0 Å². The molecule has 1 aromatic carbocycles. The van der Waals surface area contributed by atoms with Crippen molar-refractivity contribution in [1.82, 2.24) is 0 Å². The van der Waals surface area contributed by atoms with Crippen LogP contribution in [0.4, 0.5) is 0 Å². The van der Waals surface area contributed by atoms with Crippen LogP contribution in [0.2, 0.25) is 0 Å². The SMILES string of the molecule is CC(C)(C)CCc1ccc(OC(OC2CCCCC2)C(C)(C)C)cc1. The van der Waals surface area contributed by atoms with Crippen molar-refractivity contribution in [2.75, 3.05) is 0 Å². The quantitative estimate of drug-likeness (QED) is 0.529. The summed E-state index contributed by atoms with van der Waals surface area (Å²) in [7, 11) is 0. The minimum Gasteiger partial charge on any atom is -0.464 e. The van der Waals surface area contributed by atoms with E-state index in [9.17, 15) is 0 Å². The molecular formula is C23H38O2. The van der Waals surface area contributed by atoms with Gasteiger partial charge in [0.2, 0.25) is 6.29 Å². The van der Waals surface area contributed by atoms with Crippen LogP contribution in [0.3, 0.4) is 0 Å². The lowest BCUT2D eigenvalue weighted by Crippen LogP contribution is -2.38. The third-order valence-corrected chi connectivity index (χ3v) is 4.91. The summed E-state index contributed by atoms with van der Waals surface area (Å²) in [5.41, 5.74) is 1.71. The van der Waals surface area contributed by atoms with Crippen molar-refractivity contribution < 1.29 is 9.47 Å². The number of ether oxygens (including phenoxy) is 2. The zero-order valence-electron chi connectivity index (χ0n) is 17.2. The summed E-state index contributed by atoms with van der Waals surface area (Å²) in [5, 5.41) is 0. The van der Waals surface area contributed by atoms with E-state index in [1.54, 1.807) is 0 Å². The molecule has 1 fully saturated rings. The van der Waals surface area contributed by atoms with Gasteiger partial charge in [0.25, 0.3) is 0 Å². The summed E-state index contributed by atoms with van der Waals surface area (Å²) in [6.07, 6.45) is 8.71. The van der Waals surface area contributed by atoms with Crippen LogP contribution in [0.25, 0.3) is 0 Å². The summed E-state index contributed by atoms with van der Waals surface area (Å²) >= 11 is 0. The maximum atomic E-state index is 6.36. The molecule has 0 aliphatic heterocycles. The Morgan fingerprint density at radius 1 is 0.920 bits per heavy atom. The highest BCUT2D eigenvalue weighted by Crippen LogP contribution is 2.31. The Kier molecular flexibility index (Phi) is 6.96. The molecule has 1 aromatic rings. The van der Waals surface area contributed by atoms with Gasteiger partial charge in [0.1, 0.15) is 5.75 Å². The van der Waals surface area contributed by atoms with Gasteiger partial charge >= 0.3 is 0 Å². The third-order valence-electron chi connectivity index (χ3n) is 4.91. The van der Waals surface area contributed by atoms with Gasteiger partial charge in [-0.15, -0.1) is 0 Å². The van der Waals surface area contributed by atoms with Crippen LogP contribution in [0.1, 0.15) is 85.6 Å². The molecule has 1 aliphatic carbocycles. The van der Waals surface area contributed by atoms with Gasteiger partial charge in [-0.1, -0.05) is 72.9 Å². The standard InChI is InChI=1S/C23H38O2/c1-22(2,3)17-16-18-12-14-20(15-13-18)25-21(23(4,5)6)24-19-10-8-7-9-11-19/h12-15,19,21H,7-11,16-17H2,1-6H3. The van der Waals surface area contributed by atoms with Gasteiger partial charge in [0, 0.05) is 5.41 Å². The fraction of sp³-hybridized carbons (Fsp3) is 0.739. The van der Waals surface area contributed by atoms with Crippen molar-refractivity contribution in [3.63, 3.8) is 0 Å². The van der Waals surface area contributed by atoms with Crippen LogP contribution in [0, 0.1) is 10.8 Å². The largest absolute Gasteiger partial charge is 0.464 e. The third kappa shape index (κ3) is 7.40. The lowest BCUT2D eigenvalue weighted by molar-refractivity contribution is -0.177. The second-order valence-electron chi connectivity index (χ2n) is 9.92. The molecule has 1 saturated carbocycles. The first kappa shape index (κ1) is 20.3. The molecule has 1 unspecified atom stereocenters. The molecule has 0 radical (unpaired) electrons. The normalized spacial score (nSPS) is 18.2. The summed E-state index contributed by atoms with van der Waals surface area (Å²) in [6.45, 7) is 13.5. The maximum Gasteiger partial charge on any atom is 0.204 e. The zero-order valence-corrected chi connectivity index (χ0v) is 17.2. The molecule has 2 heteroatoms. The Balaban J connectivity index is 1.95. The minimum atomic E-state index is -0.198. The van der Waals surface area contributed by atoms with Crippen molar-refractivity contribution in [2.45, 2.75) is 98.9 Å². The van der Waals surface area contributed by atoms with Crippen LogP contribution >= 0.6 is 0 Å². The summed E-state index contributed by atoms with van der Waals surface area (Å²) in [5.74, 6) is 0.912. The monoisotopic (exact) mass is 346 g/mol. The Hall–Kier alpha value is -1.02. The molecule has 0 aromatic heterocycles. The van der Waals surface area contributed by atoms with E-state index in [1.165, 1.54) is 44.1 Å². The number of hydrogen-bond donors (Lipinski definition) is 0. The second-order valence-corrected chi connectivity index (χ2v) is 9.92. The van der Waals surface area contributed by atoms with E-state index in [0.717, 1.165) is 12.2 Å². The van der Waals surface area contributed by atoms with Gasteiger partial charge in [-0.3, -0.25) is 0 Å². The van der Waals surface area contributed by atoms with E-state index >= 15 is 0 Å². The topological polar surface area (TPSA) is 18.5 Å². The Bertz CT molecular complexity index is 498. The van der Waals surface area contributed by atoms with Crippen LogP contribution in [-0.2, 0) is 11.2 Å². The first-order valence-electron chi connectivity index (χ1n) is 10.0. The minimum absolute atomic E-state index is 0.0393. The number of rotatable bonds is 6. The van der Waals surface area contributed by atoms with Crippen LogP contribution < -0.4 is 4.74 Å². The summed E-state index contributed by atoms with van der Waals surface area (Å²) < 4.78 is 12.6. The van der Waals surface area contributed by atoms with Gasteiger partial charge in [-0.25, -0.2) is 0 Å². The molecule has 0 bridgehead atoms. The number of benzene rings is 1. The number of hydrogen-bond acceptors (Lipinski definition) is 2. The molecule has 1 atom stereocenters. The first-order chi connectivity index (χ1) is 11.6. The Morgan fingerprint density at radius 2 is 1.52 bits per heavy atom. The van der Waals surface area contributed by atoms with E-state index < -0.39 is 0 Å². The Morgan fingerprint density at radius 3 is 2.04 bits per heavy atom. The molecule has 2 nitrogen and oxygen atoms in total. The van der Waals surface area contributed by atoms with E-state index in [-0.39, 0.29) is 11.7 Å². The molecule has 1 aliphatic rings. The average molecular weight is 347 g/mol. The van der Waals surface area contributed by atoms with E-state index in [0.29, 0.717) is 11.5 Å². The molecule has 0 amide bonds. The lowest BCUT2D eigenvalue weighted by atomic mass is 9.89. The van der Waals surface area contributed by atoms with Crippen molar-refractivity contribution in [3.8, 4) is 5.75 Å². The fourth-order valence-electron chi connectivity index (χ4n) is 3.16. The molecular weight excluding hydrogens is 308 g/mol. The van der Waals surface area contributed by atoms with E-state index in [4.69, 9.17) is 9.47 Å². The number of aryl methyl sites for hydroxylation is 1. The lowest BCUT2D eigenvalue weighted by Gasteiger charge is -2.35. The van der Waals surface area contributed by atoms with Crippen LogP contribution in [-0.4, -0.2) is 12.4 Å². The second kappa shape index (κ2) is 8.58. The average Bonchev–Trinajstić information content (AvgIpc) is 2.53. The van der Waals surface area contributed by atoms with Gasteiger partial charge in [-0.2, -0.15) is 0 Å². The molecule has 0 saturated heterocycles. The van der Waals surface area contributed by atoms with Crippen molar-refractivity contribution >= 4 is 0 Å². The fourth-order valence-corrected chi connectivity index (χ4v) is 3.16. The molecule has 0 heterocycles. The van der Waals surface area contributed by atoms with E-state index in [2.05, 4.69) is 65.8 Å². The molecule has 0 N–H and O–H groups in total. The van der Waals surface area contributed by atoms with Crippen molar-refractivity contribution in [1.29, 1.82) is 0 Å². The smallest absolute Gasteiger partial charge is 0.204 e. The summed E-state index contributed by atoms with van der Waals surface area (Å²) in [6, 6.07) is 8.59.